The molecule has 0 aromatic heterocycles. The third-order valence-electron chi connectivity index (χ3n) is 4.66. The fourth-order valence-electron chi connectivity index (χ4n) is 3.78. The number of fused-ring (bicyclic) bond motifs is 1. The molecule has 2 nitrogen and oxygen atoms in total. The number of rotatable bonds is 1. The molecule has 1 aromatic carbocycles. The Labute approximate surface area is 124 Å². The summed E-state index contributed by atoms with van der Waals surface area (Å²) in [6.07, 6.45) is 4.67. The van der Waals surface area contributed by atoms with Crippen LogP contribution in [0.3, 0.4) is 0 Å². The zero-order valence-corrected chi connectivity index (χ0v) is 13.5. The van der Waals surface area contributed by atoms with Crippen LogP contribution in [0.4, 0.5) is 0 Å². The van der Waals surface area contributed by atoms with Crippen LogP contribution >= 0.6 is 15.9 Å². The van der Waals surface area contributed by atoms with E-state index in [9.17, 15) is 0 Å². The van der Waals surface area contributed by atoms with E-state index < -0.39 is 0 Å². The number of benzene rings is 1. The highest BCUT2D eigenvalue weighted by Crippen LogP contribution is 2.53. The second-order valence-corrected chi connectivity index (χ2v) is 7.77. The molecule has 2 atom stereocenters. The average Bonchev–Trinajstić information content (AvgIpc) is 2.64. The van der Waals surface area contributed by atoms with Crippen molar-refractivity contribution in [3.8, 4) is 5.75 Å². The Morgan fingerprint density at radius 1 is 1.32 bits per heavy atom. The SMILES string of the molecule is CNC1CC2(CCC(C)(C)C2)Oc2ccc(Br)cc21. The van der Waals surface area contributed by atoms with Crippen LogP contribution in [0.15, 0.2) is 22.7 Å². The van der Waals surface area contributed by atoms with Crippen molar-refractivity contribution in [2.75, 3.05) is 7.05 Å². The summed E-state index contributed by atoms with van der Waals surface area (Å²) < 4.78 is 7.57. The summed E-state index contributed by atoms with van der Waals surface area (Å²) in [7, 11) is 2.05. The highest BCUT2D eigenvalue weighted by molar-refractivity contribution is 9.10. The summed E-state index contributed by atoms with van der Waals surface area (Å²) >= 11 is 3.56. The lowest BCUT2D eigenvalue weighted by Gasteiger charge is -2.41. The van der Waals surface area contributed by atoms with Gasteiger partial charge in [0.25, 0.3) is 0 Å². The largest absolute Gasteiger partial charge is 0.487 e. The minimum absolute atomic E-state index is 0.0397. The molecule has 2 unspecified atom stereocenters. The molecular weight excluding hydrogens is 302 g/mol. The van der Waals surface area contributed by atoms with Crippen LogP contribution in [0.2, 0.25) is 0 Å². The van der Waals surface area contributed by atoms with Crippen molar-refractivity contribution in [3.63, 3.8) is 0 Å². The molecule has 0 bridgehead atoms. The lowest BCUT2D eigenvalue weighted by molar-refractivity contribution is 0.0287. The predicted molar refractivity (Wildman–Crippen MR) is 81.6 cm³/mol. The quantitative estimate of drug-likeness (QED) is 0.824. The Morgan fingerprint density at radius 2 is 2.11 bits per heavy atom. The summed E-state index contributed by atoms with van der Waals surface area (Å²) in [5, 5.41) is 3.47. The third-order valence-corrected chi connectivity index (χ3v) is 5.15. The zero-order valence-electron chi connectivity index (χ0n) is 11.9. The summed E-state index contributed by atoms with van der Waals surface area (Å²) in [5.74, 6) is 1.06. The first-order valence-corrected chi connectivity index (χ1v) is 7.88. The number of hydrogen-bond donors (Lipinski definition) is 1. The number of halogens is 1. The molecule has 1 heterocycles. The van der Waals surface area contributed by atoms with E-state index in [-0.39, 0.29) is 5.60 Å². The molecule has 1 aliphatic heterocycles. The maximum absolute atomic E-state index is 6.44. The molecule has 104 valence electrons. The molecule has 1 saturated carbocycles. The summed E-state index contributed by atoms with van der Waals surface area (Å²) in [4.78, 5) is 0. The topological polar surface area (TPSA) is 21.3 Å². The van der Waals surface area contributed by atoms with E-state index in [1.807, 2.05) is 0 Å². The molecule has 3 heteroatoms. The van der Waals surface area contributed by atoms with Crippen molar-refractivity contribution in [3.05, 3.63) is 28.2 Å². The lowest BCUT2D eigenvalue weighted by Crippen LogP contribution is -2.42. The molecule has 1 aliphatic carbocycles. The normalized spacial score (nSPS) is 32.1. The monoisotopic (exact) mass is 323 g/mol. The zero-order chi connectivity index (χ0) is 13.7. The van der Waals surface area contributed by atoms with Crippen LogP contribution in [0.25, 0.3) is 0 Å². The molecule has 0 saturated heterocycles. The smallest absolute Gasteiger partial charge is 0.125 e. The van der Waals surface area contributed by atoms with Gasteiger partial charge in [-0.2, -0.15) is 0 Å². The molecule has 0 amide bonds. The Hall–Kier alpha value is -0.540. The molecule has 19 heavy (non-hydrogen) atoms. The Morgan fingerprint density at radius 3 is 2.74 bits per heavy atom. The summed E-state index contributed by atoms with van der Waals surface area (Å²) in [6, 6.07) is 6.76. The standard InChI is InChI=1S/C16H22BrNO/c1-15(2)6-7-16(10-15)9-13(18-3)12-8-11(17)4-5-14(12)19-16/h4-5,8,13,18H,6-7,9-10H2,1-3H3. The van der Waals surface area contributed by atoms with Gasteiger partial charge < -0.3 is 10.1 Å². The highest BCUT2D eigenvalue weighted by atomic mass is 79.9. The predicted octanol–water partition coefficient (Wildman–Crippen LogP) is 4.44. The van der Waals surface area contributed by atoms with Gasteiger partial charge in [0, 0.05) is 22.5 Å². The van der Waals surface area contributed by atoms with E-state index in [2.05, 4.69) is 60.3 Å². The Bertz CT molecular complexity index is 500. The fourth-order valence-corrected chi connectivity index (χ4v) is 4.15. The van der Waals surface area contributed by atoms with E-state index in [1.54, 1.807) is 0 Å². The van der Waals surface area contributed by atoms with E-state index in [0.717, 1.165) is 23.1 Å². The second kappa shape index (κ2) is 4.49. The minimum Gasteiger partial charge on any atom is -0.487 e. The summed E-state index contributed by atoms with van der Waals surface area (Å²) in [5.41, 5.74) is 1.73. The van der Waals surface area contributed by atoms with E-state index in [4.69, 9.17) is 4.74 Å². The molecular formula is C16H22BrNO. The van der Waals surface area contributed by atoms with Crippen molar-refractivity contribution in [1.29, 1.82) is 0 Å². The number of nitrogens with one attached hydrogen (secondary N) is 1. The van der Waals surface area contributed by atoms with Crippen LogP contribution in [-0.2, 0) is 0 Å². The molecule has 0 radical (unpaired) electrons. The van der Waals surface area contributed by atoms with Crippen LogP contribution in [0.1, 0.15) is 51.1 Å². The van der Waals surface area contributed by atoms with Crippen LogP contribution < -0.4 is 10.1 Å². The van der Waals surface area contributed by atoms with Crippen LogP contribution in [0, 0.1) is 5.41 Å². The van der Waals surface area contributed by atoms with Crippen molar-refractivity contribution in [2.45, 2.75) is 51.2 Å². The van der Waals surface area contributed by atoms with Gasteiger partial charge in [0.05, 0.1) is 0 Å². The van der Waals surface area contributed by atoms with Crippen molar-refractivity contribution < 1.29 is 4.74 Å². The lowest BCUT2D eigenvalue weighted by atomic mass is 9.82. The fraction of sp³-hybridized carbons (Fsp3) is 0.625. The number of ether oxygens (including phenoxy) is 1. The van der Waals surface area contributed by atoms with Gasteiger partial charge in [-0.05, 0) is 49.9 Å². The van der Waals surface area contributed by atoms with Crippen LogP contribution in [0.5, 0.6) is 5.75 Å². The molecule has 1 spiro atoms. The van der Waals surface area contributed by atoms with Gasteiger partial charge >= 0.3 is 0 Å². The van der Waals surface area contributed by atoms with E-state index >= 15 is 0 Å². The average molecular weight is 324 g/mol. The van der Waals surface area contributed by atoms with Gasteiger partial charge in [0.2, 0.25) is 0 Å². The molecule has 1 aromatic rings. The van der Waals surface area contributed by atoms with Crippen molar-refractivity contribution >= 4 is 15.9 Å². The molecule has 1 N–H and O–H groups in total. The van der Waals surface area contributed by atoms with E-state index in [1.165, 1.54) is 18.4 Å². The molecule has 2 aliphatic rings. The van der Waals surface area contributed by atoms with Crippen LogP contribution in [-0.4, -0.2) is 12.6 Å². The second-order valence-electron chi connectivity index (χ2n) is 6.85. The highest BCUT2D eigenvalue weighted by Gasteiger charge is 2.48. The maximum atomic E-state index is 6.44. The van der Waals surface area contributed by atoms with Gasteiger partial charge in [-0.25, -0.2) is 0 Å². The van der Waals surface area contributed by atoms with E-state index in [0.29, 0.717) is 11.5 Å². The molecule has 3 rings (SSSR count). The van der Waals surface area contributed by atoms with Crippen molar-refractivity contribution in [1.82, 2.24) is 5.32 Å². The number of hydrogen-bond acceptors (Lipinski definition) is 2. The summed E-state index contributed by atoms with van der Waals surface area (Å²) in [6.45, 7) is 4.72. The first-order chi connectivity index (χ1) is 8.93. The van der Waals surface area contributed by atoms with Gasteiger partial charge in [-0.1, -0.05) is 29.8 Å². The Balaban J connectivity index is 1.97. The first-order valence-electron chi connectivity index (χ1n) is 7.09. The van der Waals surface area contributed by atoms with Gasteiger partial charge in [-0.3, -0.25) is 0 Å². The Kier molecular flexibility index (Phi) is 3.18. The van der Waals surface area contributed by atoms with Gasteiger partial charge in [0.1, 0.15) is 11.4 Å². The minimum atomic E-state index is 0.0397. The van der Waals surface area contributed by atoms with Gasteiger partial charge in [0.15, 0.2) is 0 Å². The van der Waals surface area contributed by atoms with Crippen molar-refractivity contribution in [2.24, 2.45) is 5.41 Å². The molecule has 1 fully saturated rings. The van der Waals surface area contributed by atoms with Gasteiger partial charge in [-0.15, -0.1) is 0 Å². The first kappa shape index (κ1) is 13.4. The third kappa shape index (κ3) is 2.43. The maximum Gasteiger partial charge on any atom is 0.125 e.